The van der Waals surface area contributed by atoms with E-state index < -0.39 is 120 Å². The minimum atomic E-state index is -2.08. The van der Waals surface area contributed by atoms with Crippen LogP contribution in [0, 0.1) is 12.7 Å². The van der Waals surface area contributed by atoms with E-state index in [0.717, 1.165) is 0 Å². The topological polar surface area (TPSA) is 323 Å². The molecular weight excluding hydrogens is 1050 g/mol. The monoisotopic (exact) mass is 1120 g/mol. The van der Waals surface area contributed by atoms with Crippen molar-refractivity contribution in [2.24, 2.45) is 0 Å². The van der Waals surface area contributed by atoms with Gasteiger partial charge in [-0.25, -0.2) is 14.2 Å². The summed E-state index contributed by atoms with van der Waals surface area (Å²) in [6.45, 7) is 6.22. The van der Waals surface area contributed by atoms with Gasteiger partial charge in [0.25, 0.3) is 5.56 Å². The van der Waals surface area contributed by atoms with Crippen molar-refractivity contribution in [2.45, 2.75) is 141 Å². The van der Waals surface area contributed by atoms with Crippen molar-refractivity contribution in [3.63, 3.8) is 0 Å². The van der Waals surface area contributed by atoms with E-state index in [1.807, 2.05) is 0 Å². The molecule has 3 aliphatic heterocycles. The summed E-state index contributed by atoms with van der Waals surface area (Å²) >= 11 is 0. The summed E-state index contributed by atoms with van der Waals surface area (Å²) in [5.74, 6) is -6.91. The molecule has 2 aromatic heterocycles. The van der Waals surface area contributed by atoms with Gasteiger partial charge < -0.3 is 61.1 Å². The van der Waals surface area contributed by atoms with Gasteiger partial charge in [-0.2, -0.15) is 0 Å². The number of benzene rings is 2. The Labute approximate surface area is 464 Å². The zero-order valence-corrected chi connectivity index (χ0v) is 45.6. The zero-order chi connectivity index (χ0) is 58.5. The molecule has 81 heavy (non-hydrogen) atoms. The lowest BCUT2D eigenvalue weighted by Gasteiger charge is -2.31. The lowest BCUT2D eigenvalue weighted by atomic mass is 9.81. The highest BCUT2D eigenvalue weighted by Gasteiger charge is 2.46. The molecule has 5 heterocycles. The van der Waals surface area contributed by atoms with Crippen molar-refractivity contribution in [1.82, 2.24) is 46.4 Å². The molecule has 0 saturated carbocycles. The maximum atomic E-state index is 15.5. The highest BCUT2D eigenvalue weighted by molar-refractivity contribution is 5.97. The van der Waals surface area contributed by atoms with Gasteiger partial charge >= 0.3 is 11.9 Å². The number of fused-ring (bicyclic) bond motifs is 5. The van der Waals surface area contributed by atoms with Crippen LogP contribution >= 0.6 is 0 Å². The number of nitrogens with zero attached hydrogens (tertiary/aromatic N) is 3. The number of ether oxygens (including phenoxy) is 2. The number of hydrogen-bond donors (Lipinski definition) is 8. The van der Waals surface area contributed by atoms with E-state index in [0.29, 0.717) is 76.7 Å². The molecule has 0 saturated heterocycles. The molecule has 0 spiro atoms. The highest BCUT2D eigenvalue weighted by Crippen LogP contribution is 2.46. The average molecular weight is 1120 g/mol. The summed E-state index contributed by atoms with van der Waals surface area (Å²) in [6.07, 6.45) is 3.01. The van der Waals surface area contributed by atoms with E-state index in [-0.39, 0.29) is 61.5 Å². The Kier molecular flexibility index (Phi) is 17.8. The van der Waals surface area contributed by atoms with Crippen LogP contribution in [0.4, 0.5) is 4.39 Å². The van der Waals surface area contributed by atoms with Crippen molar-refractivity contribution >= 4 is 64.2 Å². The standard InChI is InChI=1S/C57H66FN9O14/c1-6-57(79)35-22-41-51-33(28-67(41)54(77)34(35)29-80-55(57)78)50-37(17-16-32-30(2)36(58)23-38(65-51)49(32)50)62-45(71)27-61-52(75)39(21-31-13-9-7-10-14-31)64-44(70)26-59-43(69)25-60-53(76)40(24-48(74)81-56(3,4)5)63-42(68)15-11-8-12-20-66-46(72)18-19-47(66)73/h7,9-10,13-14,18-19,22-23,37,39-40,46,72,79H,6,8,11-12,15-17,20-21,24-29H2,1-5H3,(H,59,69)(H,60,76)(H,61,75)(H,62,71)(H,63,68)(H,64,70)/t37-,39-,40+,46?,57-/m0/s1. The summed E-state index contributed by atoms with van der Waals surface area (Å²) in [7, 11) is 0. The number of nitrogens with one attached hydrogen (secondary N) is 6. The van der Waals surface area contributed by atoms with Gasteiger partial charge in [0.05, 0.1) is 61.1 Å². The molecule has 1 aliphatic carbocycles. The summed E-state index contributed by atoms with van der Waals surface area (Å²) < 4.78 is 27.5. The number of cyclic esters (lactones) is 1. The van der Waals surface area contributed by atoms with Crippen molar-refractivity contribution in [3.05, 3.63) is 110 Å². The number of rotatable bonds is 22. The fourth-order valence-electron chi connectivity index (χ4n) is 10.6. The van der Waals surface area contributed by atoms with E-state index in [1.54, 1.807) is 71.0 Å². The zero-order valence-electron chi connectivity index (χ0n) is 45.6. The lowest BCUT2D eigenvalue weighted by Crippen LogP contribution is -2.53. The molecule has 23 nitrogen and oxygen atoms in total. The van der Waals surface area contributed by atoms with E-state index in [2.05, 4.69) is 31.9 Å². The van der Waals surface area contributed by atoms with Gasteiger partial charge in [-0.3, -0.25) is 43.2 Å². The molecule has 7 amide bonds. The van der Waals surface area contributed by atoms with Crippen LogP contribution in [-0.4, -0.2) is 128 Å². The normalized spacial score (nSPS) is 18.4. The number of unbranched alkanes of at least 4 members (excludes halogenated alkanes) is 2. The molecule has 0 bridgehead atoms. The van der Waals surface area contributed by atoms with Gasteiger partial charge in [0.15, 0.2) is 5.60 Å². The van der Waals surface area contributed by atoms with Gasteiger partial charge in [0.1, 0.15) is 36.3 Å². The van der Waals surface area contributed by atoms with Gasteiger partial charge in [-0.1, -0.05) is 43.7 Å². The van der Waals surface area contributed by atoms with E-state index in [9.17, 15) is 58.2 Å². The number of carbonyl (C=O) groups is 9. The molecular formula is C57H66FN9O14. The van der Waals surface area contributed by atoms with Gasteiger partial charge in [-0.15, -0.1) is 0 Å². The van der Waals surface area contributed by atoms with Gasteiger partial charge in [-0.05, 0) is 94.2 Å². The molecule has 8 N–H and O–H groups in total. The molecule has 4 aliphatic rings. The van der Waals surface area contributed by atoms with Crippen LogP contribution in [0.5, 0.6) is 0 Å². The quantitative estimate of drug-likeness (QED) is 0.0357. The predicted molar refractivity (Wildman–Crippen MR) is 287 cm³/mol. The first-order chi connectivity index (χ1) is 38.5. The number of carbonyl (C=O) groups excluding carboxylic acids is 9. The first-order valence-electron chi connectivity index (χ1n) is 26.9. The minimum absolute atomic E-state index is 0.0125. The SMILES string of the molecule is CC[C@@]1(O)C(=O)OCc2c1cc1n(c2=O)Cc2c-1nc1cc(F)c(C)c3c1c2[C@@H](NC(=O)CNC(=O)[C@H](Cc1ccccc1)NC(=O)CNC(=O)CNC(=O)[C@@H](CC(=O)OC(C)(C)C)NC(=O)CCCCCN1C(=O)C=CC1O)CC3. The van der Waals surface area contributed by atoms with Crippen LogP contribution in [-0.2, 0) is 84.2 Å². The molecule has 0 fully saturated rings. The van der Waals surface area contributed by atoms with E-state index >= 15 is 4.39 Å². The van der Waals surface area contributed by atoms with Crippen molar-refractivity contribution in [2.75, 3.05) is 26.2 Å². The predicted octanol–water partition coefficient (Wildman–Crippen LogP) is 1.20. The number of aliphatic hydroxyl groups is 2. The first-order valence-corrected chi connectivity index (χ1v) is 26.9. The van der Waals surface area contributed by atoms with Gasteiger partial charge in [0, 0.05) is 48.0 Å². The molecule has 1 unspecified atom stereocenters. The number of hydrogen-bond acceptors (Lipinski definition) is 15. The second kappa shape index (κ2) is 24.5. The number of halogens is 1. The number of esters is 2. The van der Waals surface area contributed by atoms with Crippen LogP contribution in [0.2, 0.25) is 0 Å². The Balaban J connectivity index is 0.882. The minimum Gasteiger partial charge on any atom is -0.460 e. The summed E-state index contributed by atoms with van der Waals surface area (Å²) in [4.78, 5) is 138. The Morgan fingerprint density at radius 3 is 2.26 bits per heavy atom. The van der Waals surface area contributed by atoms with Crippen molar-refractivity contribution in [1.29, 1.82) is 0 Å². The third-order valence-electron chi connectivity index (χ3n) is 14.7. The Morgan fingerprint density at radius 1 is 0.877 bits per heavy atom. The third-order valence-corrected chi connectivity index (χ3v) is 14.7. The molecule has 430 valence electrons. The molecule has 24 heteroatoms. The third kappa shape index (κ3) is 13.3. The molecule has 2 aromatic carbocycles. The van der Waals surface area contributed by atoms with Crippen LogP contribution < -0.4 is 37.5 Å². The molecule has 0 radical (unpaired) electrons. The van der Waals surface area contributed by atoms with E-state index in [4.69, 9.17) is 14.5 Å². The largest absolute Gasteiger partial charge is 0.460 e. The average Bonchev–Trinajstić information content (AvgIpc) is 2.37. The maximum Gasteiger partial charge on any atom is 0.343 e. The molecule has 8 rings (SSSR count). The lowest BCUT2D eigenvalue weighted by molar-refractivity contribution is -0.172. The summed E-state index contributed by atoms with van der Waals surface area (Å²) in [6, 6.07) is 8.15. The Hall–Kier alpha value is -8.38. The number of aryl methyl sites for hydroxylation is 1. The smallest absolute Gasteiger partial charge is 0.343 e. The van der Waals surface area contributed by atoms with Crippen LogP contribution in [0.15, 0.2) is 59.4 Å². The second-order valence-corrected chi connectivity index (χ2v) is 21.5. The van der Waals surface area contributed by atoms with Crippen LogP contribution in [0.25, 0.3) is 22.3 Å². The van der Waals surface area contributed by atoms with E-state index in [1.165, 1.54) is 27.7 Å². The highest BCUT2D eigenvalue weighted by atomic mass is 19.1. The first kappa shape index (κ1) is 58.8. The number of aromatic nitrogens is 2. The molecule has 5 atom stereocenters. The van der Waals surface area contributed by atoms with Gasteiger partial charge in [0.2, 0.25) is 41.4 Å². The molecule has 4 aromatic rings. The number of aliphatic hydroxyl groups excluding tert-OH is 1. The van der Waals surface area contributed by atoms with Crippen molar-refractivity contribution < 1.29 is 67.2 Å². The Bertz CT molecular complexity index is 3300. The maximum absolute atomic E-state index is 15.5. The van der Waals surface area contributed by atoms with Crippen LogP contribution in [0.3, 0.4) is 0 Å². The fraction of sp³-hybridized carbons (Fsp3) is 0.456. The fourth-order valence-corrected chi connectivity index (χ4v) is 10.6. The summed E-state index contributed by atoms with van der Waals surface area (Å²) in [5, 5.41) is 37.4. The number of pyridine rings is 2. The Morgan fingerprint density at radius 2 is 1.57 bits per heavy atom. The second-order valence-electron chi connectivity index (χ2n) is 21.5. The number of amides is 7. The van der Waals surface area contributed by atoms with Crippen molar-refractivity contribution in [3.8, 4) is 11.4 Å². The summed E-state index contributed by atoms with van der Waals surface area (Å²) in [5.41, 5.74) is 0.572. The van der Waals surface area contributed by atoms with Crippen LogP contribution in [0.1, 0.15) is 118 Å².